The molecule has 2 N–H and O–H groups in total. The van der Waals surface area contributed by atoms with Crippen LogP contribution in [0.25, 0.3) is 11.0 Å². The van der Waals surface area contributed by atoms with Gasteiger partial charge in [-0.05, 0) is 37.3 Å². The van der Waals surface area contributed by atoms with Crippen LogP contribution >= 0.6 is 11.6 Å². The summed E-state index contributed by atoms with van der Waals surface area (Å²) in [4.78, 5) is 8.68. The van der Waals surface area contributed by atoms with Gasteiger partial charge in [-0.3, -0.25) is 0 Å². The van der Waals surface area contributed by atoms with E-state index in [2.05, 4.69) is 20.4 Å². The average Bonchev–Trinajstić information content (AvgIpc) is 3.26. The van der Waals surface area contributed by atoms with Crippen molar-refractivity contribution in [2.75, 3.05) is 11.9 Å². The summed E-state index contributed by atoms with van der Waals surface area (Å²) in [6.45, 7) is 0.0277. The van der Waals surface area contributed by atoms with Gasteiger partial charge in [0.05, 0.1) is 24.3 Å². The second kappa shape index (κ2) is 6.22. The first kappa shape index (κ1) is 15.1. The fourth-order valence-electron chi connectivity index (χ4n) is 3.48. The normalized spacial score (nSPS) is 25.5. The molecule has 23 heavy (non-hydrogen) atoms. The number of halogens is 1. The van der Waals surface area contributed by atoms with Crippen molar-refractivity contribution < 1.29 is 9.84 Å². The second-order valence-electron chi connectivity index (χ2n) is 6.27. The first-order valence-corrected chi connectivity index (χ1v) is 8.56. The quantitative estimate of drug-likeness (QED) is 0.834. The van der Waals surface area contributed by atoms with Crippen LogP contribution in [-0.4, -0.2) is 43.6 Å². The van der Waals surface area contributed by atoms with Gasteiger partial charge in [0.15, 0.2) is 11.9 Å². The minimum atomic E-state index is -0.213. The molecule has 3 heterocycles. The molecule has 1 aliphatic heterocycles. The zero-order chi connectivity index (χ0) is 15.8. The Bertz CT molecular complexity index is 700. The molecule has 124 valence electrons. The van der Waals surface area contributed by atoms with Crippen LogP contribution in [0.5, 0.6) is 0 Å². The van der Waals surface area contributed by atoms with E-state index in [1.165, 1.54) is 12.8 Å². The van der Waals surface area contributed by atoms with E-state index in [-0.39, 0.29) is 24.2 Å². The molecule has 8 heteroatoms. The van der Waals surface area contributed by atoms with Crippen LogP contribution in [0.3, 0.4) is 0 Å². The molecule has 0 bridgehead atoms. The number of nitrogens with one attached hydrogen (secondary N) is 1. The summed E-state index contributed by atoms with van der Waals surface area (Å²) < 4.78 is 7.55. The molecule has 2 unspecified atom stereocenters. The number of aromatic nitrogens is 4. The number of aliphatic hydroxyl groups excluding tert-OH is 1. The van der Waals surface area contributed by atoms with Crippen LogP contribution in [0, 0.1) is 0 Å². The van der Waals surface area contributed by atoms with Crippen LogP contribution in [0.1, 0.15) is 44.8 Å². The molecule has 2 atom stereocenters. The lowest BCUT2D eigenvalue weighted by Crippen LogP contribution is -2.17. The van der Waals surface area contributed by atoms with Crippen molar-refractivity contribution in [1.29, 1.82) is 0 Å². The monoisotopic (exact) mass is 337 g/mol. The zero-order valence-electron chi connectivity index (χ0n) is 12.8. The van der Waals surface area contributed by atoms with Gasteiger partial charge < -0.3 is 15.2 Å². The number of nitrogens with zero attached hydrogens (tertiary/aromatic N) is 4. The standard InChI is InChI=1S/C15H20ClN5O2/c16-15-19-13(18-9-3-1-2-4-9)11-7-17-21(14(11)20-15)12-6-5-10(8-22)23-12/h7,9-10,12,22H,1-6,8H2,(H,18,19,20). The van der Waals surface area contributed by atoms with E-state index in [0.29, 0.717) is 11.7 Å². The summed E-state index contributed by atoms with van der Waals surface area (Å²) in [7, 11) is 0. The van der Waals surface area contributed by atoms with Gasteiger partial charge >= 0.3 is 0 Å². The van der Waals surface area contributed by atoms with Crippen LogP contribution in [0.15, 0.2) is 6.20 Å². The van der Waals surface area contributed by atoms with E-state index in [1.807, 2.05) is 0 Å². The number of anilines is 1. The average molecular weight is 338 g/mol. The van der Waals surface area contributed by atoms with Gasteiger partial charge in [-0.1, -0.05) is 12.8 Å². The zero-order valence-corrected chi connectivity index (χ0v) is 13.5. The van der Waals surface area contributed by atoms with E-state index < -0.39 is 0 Å². The third-order valence-electron chi connectivity index (χ3n) is 4.68. The van der Waals surface area contributed by atoms with Gasteiger partial charge in [-0.2, -0.15) is 15.1 Å². The summed E-state index contributed by atoms with van der Waals surface area (Å²) in [5.74, 6) is 0.745. The number of rotatable bonds is 4. The minimum absolute atomic E-state index is 0.0277. The lowest BCUT2D eigenvalue weighted by atomic mass is 10.2. The van der Waals surface area contributed by atoms with Gasteiger partial charge in [0.2, 0.25) is 5.28 Å². The second-order valence-corrected chi connectivity index (χ2v) is 6.60. The topological polar surface area (TPSA) is 85.1 Å². The molecule has 7 nitrogen and oxygen atoms in total. The highest BCUT2D eigenvalue weighted by atomic mass is 35.5. The number of hydrogen-bond acceptors (Lipinski definition) is 6. The van der Waals surface area contributed by atoms with E-state index in [4.69, 9.17) is 16.3 Å². The fourth-order valence-corrected chi connectivity index (χ4v) is 3.65. The largest absolute Gasteiger partial charge is 0.394 e. The van der Waals surface area contributed by atoms with Crippen LogP contribution in [0.4, 0.5) is 5.82 Å². The van der Waals surface area contributed by atoms with Crippen LogP contribution in [0.2, 0.25) is 5.28 Å². The summed E-state index contributed by atoms with van der Waals surface area (Å²) in [6.07, 6.45) is 7.83. The Kier molecular flexibility index (Phi) is 4.09. The first-order valence-electron chi connectivity index (χ1n) is 8.18. The van der Waals surface area contributed by atoms with Gasteiger partial charge in [-0.25, -0.2) is 4.68 Å². The molecule has 2 aliphatic rings. The Morgan fingerprint density at radius 3 is 2.83 bits per heavy atom. The van der Waals surface area contributed by atoms with Gasteiger partial charge in [0, 0.05) is 6.04 Å². The van der Waals surface area contributed by atoms with Gasteiger partial charge in [0.1, 0.15) is 5.82 Å². The van der Waals surface area contributed by atoms with Crippen LogP contribution in [-0.2, 0) is 4.74 Å². The number of aliphatic hydroxyl groups is 1. The van der Waals surface area contributed by atoms with Crippen molar-refractivity contribution in [2.45, 2.75) is 56.9 Å². The molecule has 0 amide bonds. The van der Waals surface area contributed by atoms with Gasteiger partial charge in [-0.15, -0.1) is 0 Å². The highest BCUT2D eigenvalue weighted by Gasteiger charge is 2.29. The first-order chi connectivity index (χ1) is 11.2. The molecular weight excluding hydrogens is 318 g/mol. The lowest BCUT2D eigenvalue weighted by Gasteiger charge is -2.15. The summed E-state index contributed by atoms with van der Waals surface area (Å²) >= 11 is 6.12. The summed E-state index contributed by atoms with van der Waals surface area (Å²) in [5.41, 5.74) is 0.675. The summed E-state index contributed by atoms with van der Waals surface area (Å²) in [5, 5.41) is 18.2. The molecular formula is C15H20ClN5O2. The molecule has 2 aromatic heterocycles. The van der Waals surface area contributed by atoms with Crippen molar-refractivity contribution in [2.24, 2.45) is 0 Å². The maximum atomic E-state index is 9.23. The smallest absolute Gasteiger partial charge is 0.226 e. The number of hydrogen-bond donors (Lipinski definition) is 2. The molecule has 1 saturated heterocycles. The van der Waals surface area contributed by atoms with Gasteiger partial charge in [0.25, 0.3) is 0 Å². The number of fused-ring (bicyclic) bond motifs is 1. The Morgan fingerprint density at radius 1 is 1.26 bits per heavy atom. The van der Waals surface area contributed by atoms with E-state index in [1.54, 1.807) is 10.9 Å². The van der Waals surface area contributed by atoms with E-state index in [9.17, 15) is 5.11 Å². The third kappa shape index (κ3) is 2.88. The molecule has 0 aromatic carbocycles. The van der Waals surface area contributed by atoms with Crippen molar-refractivity contribution in [3.63, 3.8) is 0 Å². The minimum Gasteiger partial charge on any atom is -0.394 e. The molecule has 2 fully saturated rings. The highest BCUT2D eigenvalue weighted by molar-refractivity contribution is 6.28. The van der Waals surface area contributed by atoms with Crippen LogP contribution < -0.4 is 5.32 Å². The number of ether oxygens (including phenoxy) is 1. The van der Waals surface area contributed by atoms with E-state index in [0.717, 1.165) is 36.9 Å². The Balaban J connectivity index is 1.67. The van der Waals surface area contributed by atoms with E-state index >= 15 is 0 Å². The third-order valence-corrected chi connectivity index (χ3v) is 4.85. The molecule has 1 saturated carbocycles. The Hall–Kier alpha value is -1.44. The lowest BCUT2D eigenvalue weighted by molar-refractivity contribution is -0.0262. The van der Waals surface area contributed by atoms with Crippen molar-refractivity contribution in [3.05, 3.63) is 11.5 Å². The Labute approximate surface area is 139 Å². The molecule has 4 rings (SSSR count). The predicted octanol–water partition coefficient (Wildman–Crippen LogP) is 2.50. The Morgan fingerprint density at radius 2 is 2.09 bits per heavy atom. The maximum Gasteiger partial charge on any atom is 0.226 e. The molecule has 2 aromatic rings. The molecule has 0 radical (unpaired) electrons. The molecule has 0 spiro atoms. The van der Waals surface area contributed by atoms with Crippen molar-refractivity contribution in [3.8, 4) is 0 Å². The SMILES string of the molecule is OCC1CCC(n2ncc3c(NC4CCCC4)nc(Cl)nc32)O1. The molecule has 1 aliphatic carbocycles. The predicted molar refractivity (Wildman–Crippen MR) is 86.4 cm³/mol. The van der Waals surface area contributed by atoms with Crippen molar-refractivity contribution in [1.82, 2.24) is 19.7 Å². The highest BCUT2D eigenvalue weighted by Crippen LogP contribution is 2.32. The van der Waals surface area contributed by atoms with Crippen molar-refractivity contribution >= 4 is 28.5 Å². The fraction of sp³-hybridized carbons (Fsp3) is 0.667. The summed E-state index contributed by atoms with van der Waals surface area (Å²) in [6, 6.07) is 0.439. The maximum absolute atomic E-state index is 9.23.